The maximum atomic E-state index is 12.6. The number of carbonyl (C=O) groups excluding carboxylic acids is 1. The van der Waals surface area contributed by atoms with Gasteiger partial charge in [-0.05, 0) is 72.9 Å². The van der Waals surface area contributed by atoms with Gasteiger partial charge < -0.3 is 14.2 Å². The number of carbonyl (C=O) groups is 1. The monoisotopic (exact) mass is 544 g/mol. The molecule has 1 atom stereocenters. The first-order valence-electron chi connectivity index (χ1n) is 15.4. The van der Waals surface area contributed by atoms with E-state index in [0.29, 0.717) is 17.9 Å². The molecule has 3 aromatic carbocycles. The van der Waals surface area contributed by atoms with Crippen molar-refractivity contribution in [3.8, 4) is 22.6 Å². The Kier molecular flexibility index (Phi) is 14.4. The molecule has 4 nitrogen and oxygen atoms in total. The Morgan fingerprint density at radius 2 is 1.10 bits per heavy atom. The average molecular weight is 545 g/mol. The molecule has 0 bridgehead atoms. The van der Waals surface area contributed by atoms with Crippen molar-refractivity contribution in [2.45, 2.75) is 97.5 Å². The van der Waals surface area contributed by atoms with E-state index in [0.717, 1.165) is 36.3 Å². The predicted octanol–water partition coefficient (Wildman–Crippen LogP) is 10.4. The summed E-state index contributed by atoms with van der Waals surface area (Å²) in [5, 5.41) is 0. The van der Waals surface area contributed by atoms with Crippen LogP contribution in [0.1, 0.15) is 113 Å². The zero-order valence-corrected chi connectivity index (χ0v) is 24.8. The minimum Gasteiger partial charge on any atom is -0.494 e. The molecule has 0 N–H and O–H groups in total. The number of rotatable bonds is 19. The van der Waals surface area contributed by atoms with Crippen LogP contribution < -0.4 is 9.47 Å². The average Bonchev–Trinajstić information content (AvgIpc) is 2.99. The minimum atomic E-state index is -0.376. The minimum absolute atomic E-state index is 0.0863. The lowest BCUT2D eigenvalue weighted by molar-refractivity contribution is 0.0628. The molecular weight excluding hydrogens is 496 g/mol. The van der Waals surface area contributed by atoms with Gasteiger partial charge in [0.2, 0.25) is 0 Å². The molecule has 0 radical (unpaired) electrons. The first kappa shape index (κ1) is 31.4. The molecule has 0 fully saturated rings. The second-order valence-electron chi connectivity index (χ2n) is 10.6. The summed E-state index contributed by atoms with van der Waals surface area (Å²) in [6, 6.07) is 23.3. The number of unbranched alkanes of at least 4 members (excludes halogenated alkanes) is 9. The number of benzene rings is 3. The molecule has 0 aliphatic rings. The molecule has 0 aromatic heterocycles. The fourth-order valence-electron chi connectivity index (χ4n) is 4.65. The summed E-state index contributed by atoms with van der Waals surface area (Å²) in [5.74, 6) is 0.931. The molecule has 3 rings (SSSR count). The summed E-state index contributed by atoms with van der Waals surface area (Å²) >= 11 is 0. The maximum Gasteiger partial charge on any atom is 0.343 e. The third kappa shape index (κ3) is 11.2. The SMILES string of the molecule is CCCCCCCCCOc1ccc(C(=O)Oc2ccc(-c3ccc(C(C)OCCCCCC)cc3)cc2)cc1. The lowest BCUT2D eigenvalue weighted by Crippen LogP contribution is -2.08. The number of esters is 1. The molecule has 40 heavy (non-hydrogen) atoms. The van der Waals surface area contributed by atoms with E-state index >= 15 is 0 Å². The molecule has 0 heterocycles. The summed E-state index contributed by atoms with van der Waals surface area (Å²) in [7, 11) is 0. The van der Waals surface area contributed by atoms with Crippen LogP contribution in [0.2, 0.25) is 0 Å². The van der Waals surface area contributed by atoms with E-state index in [1.165, 1.54) is 63.4 Å². The van der Waals surface area contributed by atoms with Gasteiger partial charge in [-0.2, -0.15) is 0 Å². The van der Waals surface area contributed by atoms with Crippen LogP contribution in [0.15, 0.2) is 72.8 Å². The molecule has 0 spiro atoms. The molecular formula is C36H48O4. The molecule has 0 saturated heterocycles. The Balaban J connectivity index is 1.41. The van der Waals surface area contributed by atoms with E-state index in [-0.39, 0.29) is 12.1 Å². The largest absolute Gasteiger partial charge is 0.494 e. The van der Waals surface area contributed by atoms with Crippen LogP contribution >= 0.6 is 0 Å². The first-order chi connectivity index (χ1) is 19.6. The maximum absolute atomic E-state index is 12.6. The Labute approximate surface area is 242 Å². The molecule has 3 aromatic rings. The van der Waals surface area contributed by atoms with Gasteiger partial charge in [-0.1, -0.05) is 108 Å². The highest BCUT2D eigenvalue weighted by atomic mass is 16.5. The van der Waals surface area contributed by atoms with E-state index in [1.807, 2.05) is 36.4 Å². The van der Waals surface area contributed by atoms with E-state index in [1.54, 1.807) is 12.1 Å². The van der Waals surface area contributed by atoms with Crippen molar-refractivity contribution < 1.29 is 19.0 Å². The van der Waals surface area contributed by atoms with Crippen molar-refractivity contribution in [3.05, 3.63) is 83.9 Å². The van der Waals surface area contributed by atoms with Crippen LogP contribution in [-0.2, 0) is 4.74 Å². The molecule has 0 aliphatic heterocycles. The number of ether oxygens (including phenoxy) is 3. The van der Waals surface area contributed by atoms with E-state index in [4.69, 9.17) is 14.2 Å². The van der Waals surface area contributed by atoms with Crippen LogP contribution in [0, 0.1) is 0 Å². The molecule has 1 unspecified atom stereocenters. The fourth-order valence-corrected chi connectivity index (χ4v) is 4.65. The van der Waals surface area contributed by atoms with E-state index in [9.17, 15) is 4.79 Å². The Bertz CT molecular complexity index is 1090. The van der Waals surface area contributed by atoms with Gasteiger partial charge >= 0.3 is 5.97 Å². The van der Waals surface area contributed by atoms with Gasteiger partial charge in [0.1, 0.15) is 11.5 Å². The Hall–Kier alpha value is -3.11. The van der Waals surface area contributed by atoms with Crippen molar-refractivity contribution in [2.75, 3.05) is 13.2 Å². The third-order valence-corrected chi connectivity index (χ3v) is 7.25. The van der Waals surface area contributed by atoms with E-state index < -0.39 is 0 Å². The van der Waals surface area contributed by atoms with Crippen molar-refractivity contribution in [3.63, 3.8) is 0 Å². The standard InChI is InChI=1S/C36H48O4/c1-4-6-8-10-11-12-14-28-39-34-23-21-33(22-24-34)36(37)40-35-25-19-32(20-26-35)31-17-15-30(16-18-31)29(3)38-27-13-9-7-5-2/h15-26,29H,4-14,27-28H2,1-3H3. The fraction of sp³-hybridized carbons (Fsp3) is 0.472. The Morgan fingerprint density at radius 1 is 0.600 bits per heavy atom. The predicted molar refractivity (Wildman–Crippen MR) is 165 cm³/mol. The highest BCUT2D eigenvalue weighted by Crippen LogP contribution is 2.26. The van der Waals surface area contributed by atoms with Gasteiger partial charge in [0.05, 0.1) is 18.3 Å². The van der Waals surface area contributed by atoms with Crippen LogP contribution in [0.3, 0.4) is 0 Å². The quantitative estimate of drug-likeness (QED) is 0.0855. The highest BCUT2D eigenvalue weighted by molar-refractivity contribution is 5.91. The zero-order chi connectivity index (χ0) is 28.4. The molecule has 0 aliphatic carbocycles. The third-order valence-electron chi connectivity index (χ3n) is 7.25. The zero-order valence-electron chi connectivity index (χ0n) is 24.8. The molecule has 0 saturated carbocycles. The summed E-state index contributed by atoms with van der Waals surface area (Å²) in [6.07, 6.45) is 13.7. The van der Waals surface area contributed by atoms with Gasteiger partial charge in [0, 0.05) is 6.61 Å². The van der Waals surface area contributed by atoms with Crippen LogP contribution in [0.4, 0.5) is 0 Å². The van der Waals surface area contributed by atoms with Gasteiger partial charge in [-0.15, -0.1) is 0 Å². The topological polar surface area (TPSA) is 44.8 Å². The van der Waals surface area contributed by atoms with Crippen molar-refractivity contribution in [1.82, 2.24) is 0 Å². The first-order valence-corrected chi connectivity index (χ1v) is 15.4. The van der Waals surface area contributed by atoms with E-state index in [2.05, 4.69) is 45.0 Å². The molecule has 216 valence electrons. The number of hydrogen-bond acceptors (Lipinski definition) is 4. The van der Waals surface area contributed by atoms with Gasteiger partial charge in [-0.25, -0.2) is 4.79 Å². The number of hydrogen-bond donors (Lipinski definition) is 0. The molecule has 0 amide bonds. The van der Waals surface area contributed by atoms with Crippen molar-refractivity contribution in [1.29, 1.82) is 0 Å². The lowest BCUT2D eigenvalue weighted by atomic mass is 10.0. The van der Waals surface area contributed by atoms with Crippen molar-refractivity contribution in [2.24, 2.45) is 0 Å². The van der Waals surface area contributed by atoms with Gasteiger partial charge in [0.15, 0.2) is 0 Å². The van der Waals surface area contributed by atoms with Crippen LogP contribution in [0.5, 0.6) is 11.5 Å². The second-order valence-corrected chi connectivity index (χ2v) is 10.6. The highest BCUT2D eigenvalue weighted by Gasteiger charge is 2.10. The van der Waals surface area contributed by atoms with Gasteiger partial charge in [0.25, 0.3) is 0 Å². The normalized spacial score (nSPS) is 11.8. The smallest absolute Gasteiger partial charge is 0.343 e. The lowest BCUT2D eigenvalue weighted by Gasteiger charge is -2.14. The summed E-state index contributed by atoms with van der Waals surface area (Å²) in [6.45, 7) is 8.08. The van der Waals surface area contributed by atoms with Crippen LogP contribution in [-0.4, -0.2) is 19.2 Å². The summed E-state index contributed by atoms with van der Waals surface area (Å²) < 4.78 is 17.4. The second kappa shape index (κ2) is 18.3. The summed E-state index contributed by atoms with van der Waals surface area (Å²) in [4.78, 5) is 12.6. The van der Waals surface area contributed by atoms with Crippen molar-refractivity contribution >= 4 is 5.97 Å². The van der Waals surface area contributed by atoms with Gasteiger partial charge in [-0.3, -0.25) is 0 Å². The summed E-state index contributed by atoms with van der Waals surface area (Å²) in [5.41, 5.74) is 3.87. The Morgan fingerprint density at radius 3 is 1.73 bits per heavy atom. The molecule has 4 heteroatoms. The van der Waals surface area contributed by atoms with Crippen LogP contribution in [0.25, 0.3) is 11.1 Å².